The molecule has 0 aliphatic carbocycles. The zero-order valence-corrected chi connectivity index (χ0v) is 13.7. The maximum Gasteiger partial charge on any atom is 0.291 e. The summed E-state index contributed by atoms with van der Waals surface area (Å²) in [4.78, 5) is 12.5. The lowest BCUT2D eigenvalue weighted by molar-refractivity contribution is 0.165. The first-order chi connectivity index (χ1) is 11.0. The quantitative estimate of drug-likeness (QED) is 0.747. The summed E-state index contributed by atoms with van der Waals surface area (Å²) in [7, 11) is 0. The van der Waals surface area contributed by atoms with Crippen LogP contribution in [0.5, 0.6) is 5.75 Å². The summed E-state index contributed by atoms with van der Waals surface area (Å²) in [5.41, 5.74) is 6.54. The Bertz CT molecular complexity index is 941. The van der Waals surface area contributed by atoms with Gasteiger partial charge in [0.05, 0.1) is 17.2 Å². The topological polar surface area (TPSA) is 101 Å². The average Bonchev–Trinajstić information content (AvgIpc) is 2.52. The van der Waals surface area contributed by atoms with Gasteiger partial charge in [-0.15, -0.1) is 0 Å². The first-order valence-corrected chi connectivity index (χ1v) is 7.52. The number of hydrogen-bond acceptors (Lipinski definition) is 5. The first kappa shape index (κ1) is 15.2. The fourth-order valence-electron chi connectivity index (χ4n) is 2.66. The van der Waals surface area contributed by atoms with Gasteiger partial charge in [0.25, 0.3) is 5.56 Å². The summed E-state index contributed by atoms with van der Waals surface area (Å²) in [5, 5.41) is 19.4. The van der Waals surface area contributed by atoms with Gasteiger partial charge >= 0.3 is 0 Å². The third-order valence-corrected chi connectivity index (χ3v) is 4.48. The molecule has 0 saturated heterocycles. The minimum Gasteiger partial charge on any atom is -0.440 e. The molecule has 0 spiro atoms. The Morgan fingerprint density at radius 2 is 2.13 bits per heavy atom. The van der Waals surface area contributed by atoms with Crippen LogP contribution in [0, 0.1) is 18.3 Å². The standard InChI is InChI=1S/C16H12BrN3O3/c1-8-6-12-14(16(21)20(8)22)13(10(7-18)15(19)23-12)9-4-2-3-5-11(9)17/h2-6,13,22H,19H2,1H3/t13-/m1/s1. The molecule has 0 fully saturated rings. The van der Waals surface area contributed by atoms with Crippen LogP contribution in [0.3, 0.4) is 0 Å². The van der Waals surface area contributed by atoms with Crippen molar-refractivity contribution < 1.29 is 9.94 Å². The molecule has 0 amide bonds. The molecule has 0 saturated carbocycles. The number of nitrogens with two attached hydrogens (primary N) is 1. The van der Waals surface area contributed by atoms with E-state index in [1.807, 2.05) is 12.1 Å². The molecule has 7 heteroatoms. The smallest absolute Gasteiger partial charge is 0.291 e. The van der Waals surface area contributed by atoms with Crippen LogP contribution in [0.15, 0.2) is 51.1 Å². The highest BCUT2D eigenvalue weighted by atomic mass is 79.9. The molecular formula is C16H12BrN3O3. The van der Waals surface area contributed by atoms with Gasteiger partial charge in [0.2, 0.25) is 5.88 Å². The van der Waals surface area contributed by atoms with Crippen LogP contribution >= 0.6 is 15.9 Å². The second-order valence-corrected chi connectivity index (χ2v) is 5.98. The number of hydrogen-bond donors (Lipinski definition) is 2. The predicted octanol–water partition coefficient (Wildman–Crippen LogP) is 2.37. The van der Waals surface area contributed by atoms with Crippen molar-refractivity contribution in [3.05, 3.63) is 73.4 Å². The molecule has 6 nitrogen and oxygen atoms in total. The largest absolute Gasteiger partial charge is 0.440 e. The lowest BCUT2D eigenvalue weighted by Gasteiger charge is -2.26. The van der Waals surface area contributed by atoms with Gasteiger partial charge in [0.1, 0.15) is 17.4 Å². The van der Waals surface area contributed by atoms with Crippen LogP contribution in [0.1, 0.15) is 22.7 Å². The number of ether oxygens (including phenoxy) is 1. The molecule has 1 aliphatic rings. The maximum absolute atomic E-state index is 12.5. The molecule has 0 unspecified atom stereocenters. The highest BCUT2D eigenvalue weighted by Crippen LogP contribution is 2.42. The molecule has 1 aliphatic heterocycles. The number of rotatable bonds is 1. The van der Waals surface area contributed by atoms with E-state index >= 15 is 0 Å². The zero-order chi connectivity index (χ0) is 16.7. The summed E-state index contributed by atoms with van der Waals surface area (Å²) in [6.45, 7) is 1.57. The van der Waals surface area contributed by atoms with Gasteiger partial charge < -0.3 is 15.7 Å². The normalized spacial score (nSPS) is 16.5. The second kappa shape index (κ2) is 5.48. The Kier molecular flexibility index (Phi) is 3.62. The molecule has 3 N–H and O–H groups in total. The minimum absolute atomic E-state index is 0.0461. The number of benzene rings is 1. The summed E-state index contributed by atoms with van der Waals surface area (Å²) in [6, 6.07) is 10.7. The van der Waals surface area contributed by atoms with Crippen molar-refractivity contribution in [1.29, 1.82) is 5.26 Å². The molecule has 116 valence electrons. The molecule has 2 aromatic rings. The lowest BCUT2D eigenvalue weighted by atomic mass is 9.84. The van der Waals surface area contributed by atoms with Crippen molar-refractivity contribution in [2.75, 3.05) is 0 Å². The molecule has 1 aromatic carbocycles. The third kappa shape index (κ3) is 2.28. The van der Waals surface area contributed by atoms with Crippen LogP contribution in [0.2, 0.25) is 0 Å². The van der Waals surface area contributed by atoms with Gasteiger partial charge in [-0.1, -0.05) is 34.1 Å². The Morgan fingerprint density at radius 1 is 1.43 bits per heavy atom. The van der Waals surface area contributed by atoms with E-state index in [0.29, 0.717) is 16.0 Å². The summed E-state index contributed by atoms with van der Waals surface area (Å²) >= 11 is 3.43. The SMILES string of the molecule is Cc1cc2c(c(=O)n1O)[C@H](c1ccccc1Br)C(C#N)=C(N)O2. The fraction of sp³-hybridized carbons (Fsp3) is 0.125. The van der Waals surface area contributed by atoms with Crippen LogP contribution in [-0.4, -0.2) is 9.94 Å². The van der Waals surface area contributed by atoms with Crippen molar-refractivity contribution in [3.8, 4) is 11.8 Å². The van der Waals surface area contributed by atoms with E-state index in [1.165, 1.54) is 6.07 Å². The predicted molar refractivity (Wildman–Crippen MR) is 86.1 cm³/mol. The van der Waals surface area contributed by atoms with Gasteiger partial charge in [-0.3, -0.25) is 4.79 Å². The van der Waals surface area contributed by atoms with Gasteiger partial charge in [-0.2, -0.15) is 9.99 Å². The molecule has 3 rings (SSSR count). The monoisotopic (exact) mass is 373 g/mol. The van der Waals surface area contributed by atoms with Crippen molar-refractivity contribution in [2.45, 2.75) is 12.8 Å². The molecular weight excluding hydrogens is 362 g/mol. The van der Waals surface area contributed by atoms with Gasteiger partial charge in [0, 0.05) is 10.5 Å². The molecule has 1 aromatic heterocycles. The van der Waals surface area contributed by atoms with E-state index in [4.69, 9.17) is 10.5 Å². The number of fused-ring (bicyclic) bond motifs is 1. The van der Waals surface area contributed by atoms with Crippen molar-refractivity contribution in [3.63, 3.8) is 0 Å². The Labute approximate surface area is 140 Å². The van der Waals surface area contributed by atoms with Crippen LogP contribution < -0.4 is 16.0 Å². The number of nitriles is 1. The number of halogens is 1. The summed E-state index contributed by atoms with van der Waals surface area (Å²) in [6.07, 6.45) is 0. The highest BCUT2D eigenvalue weighted by Gasteiger charge is 2.35. The van der Waals surface area contributed by atoms with Crippen molar-refractivity contribution in [1.82, 2.24) is 4.73 Å². The zero-order valence-electron chi connectivity index (χ0n) is 12.1. The number of aryl methyl sites for hydroxylation is 1. The minimum atomic E-state index is -0.717. The Morgan fingerprint density at radius 3 is 2.78 bits per heavy atom. The van der Waals surface area contributed by atoms with Crippen molar-refractivity contribution >= 4 is 15.9 Å². The van der Waals surface area contributed by atoms with E-state index in [2.05, 4.69) is 15.9 Å². The second-order valence-electron chi connectivity index (χ2n) is 5.13. The Balaban J connectivity index is 2.39. The molecule has 0 radical (unpaired) electrons. The number of pyridine rings is 1. The van der Waals surface area contributed by atoms with Crippen LogP contribution in [0.25, 0.3) is 0 Å². The number of nitrogens with zero attached hydrogens (tertiary/aromatic N) is 2. The average molecular weight is 374 g/mol. The maximum atomic E-state index is 12.5. The van der Waals surface area contributed by atoms with E-state index in [0.717, 1.165) is 4.47 Å². The molecule has 1 atom stereocenters. The summed E-state index contributed by atoms with van der Waals surface area (Å²) < 4.78 is 6.71. The van der Waals surface area contributed by atoms with Gasteiger partial charge in [0.15, 0.2) is 0 Å². The third-order valence-electron chi connectivity index (χ3n) is 3.76. The van der Waals surface area contributed by atoms with E-state index in [1.54, 1.807) is 25.1 Å². The molecule has 2 heterocycles. The fourth-order valence-corrected chi connectivity index (χ4v) is 3.17. The highest BCUT2D eigenvalue weighted by molar-refractivity contribution is 9.10. The molecule has 23 heavy (non-hydrogen) atoms. The van der Waals surface area contributed by atoms with E-state index < -0.39 is 11.5 Å². The van der Waals surface area contributed by atoms with E-state index in [-0.39, 0.29) is 22.8 Å². The van der Waals surface area contributed by atoms with Gasteiger partial charge in [-0.25, -0.2) is 0 Å². The van der Waals surface area contributed by atoms with Crippen LogP contribution in [-0.2, 0) is 0 Å². The first-order valence-electron chi connectivity index (χ1n) is 6.73. The summed E-state index contributed by atoms with van der Waals surface area (Å²) in [5.74, 6) is -0.517. The van der Waals surface area contributed by atoms with E-state index in [9.17, 15) is 15.3 Å². The lowest BCUT2D eigenvalue weighted by Crippen LogP contribution is -2.32. The van der Waals surface area contributed by atoms with Crippen LogP contribution in [0.4, 0.5) is 0 Å². The number of allylic oxidation sites excluding steroid dienone is 1. The van der Waals surface area contributed by atoms with Crippen molar-refractivity contribution in [2.24, 2.45) is 5.73 Å². The molecule has 0 bridgehead atoms. The number of aromatic nitrogens is 1. The Hall–Kier alpha value is -2.72. The van der Waals surface area contributed by atoms with Gasteiger partial charge in [-0.05, 0) is 18.6 Å².